The summed E-state index contributed by atoms with van der Waals surface area (Å²) in [4.78, 5) is 42.1. The molecule has 1 aliphatic rings. The second-order valence-corrected chi connectivity index (χ2v) is 13.3. The maximum atomic E-state index is 13.5. The molecule has 262 valence electrons. The van der Waals surface area contributed by atoms with Crippen molar-refractivity contribution in [1.82, 2.24) is 24.0 Å². The number of hydrogen-bond acceptors (Lipinski definition) is 10. The SMILES string of the molecule is CC[C@H]1O[C@@H](n2cc(C)c(=O)[nH]c2=O)[C@H](OCCN(CCCN(C)C)C(=O)C(F)(F)F)[C@@H]1OP(OCCC#N)N(C(C)C)C(C)C. The molecule has 46 heavy (non-hydrogen) atoms. The van der Waals surface area contributed by atoms with Gasteiger partial charge in [-0.25, -0.2) is 9.46 Å². The summed E-state index contributed by atoms with van der Waals surface area (Å²) < 4.78 is 68.7. The van der Waals surface area contributed by atoms with E-state index in [2.05, 4.69) is 4.98 Å². The van der Waals surface area contributed by atoms with Crippen molar-refractivity contribution in [3.05, 3.63) is 32.6 Å². The third-order valence-electron chi connectivity index (χ3n) is 7.22. The number of nitrogens with one attached hydrogen (secondary N) is 1. The predicted octanol–water partition coefficient (Wildman–Crippen LogP) is 3.54. The number of aromatic nitrogens is 2. The number of halogens is 3. The van der Waals surface area contributed by atoms with E-state index in [1.165, 1.54) is 17.7 Å². The maximum Gasteiger partial charge on any atom is 0.471 e. The standard InChI is InChI=1S/C29H48F3N6O7P/c1-9-22-23(45-46(43-16-10-12-33)38(19(2)3)20(4)5)24(26(44-22)37-18-21(6)25(39)34-28(37)41)42-17-15-36(14-11-13-35(7)8)27(40)29(30,31)32/h18-20,22-24,26H,9-11,13-17H2,1-8H3,(H,34,39,41)/t22-,23-,24-,26-,46?/m1/s1. The molecule has 2 heterocycles. The Labute approximate surface area is 269 Å². The third kappa shape index (κ3) is 11.1. The van der Waals surface area contributed by atoms with E-state index in [1.807, 2.05) is 45.4 Å². The van der Waals surface area contributed by atoms with Gasteiger partial charge >= 0.3 is 17.8 Å². The monoisotopic (exact) mass is 680 g/mol. The third-order valence-corrected chi connectivity index (χ3v) is 9.34. The van der Waals surface area contributed by atoms with Crippen molar-refractivity contribution in [2.24, 2.45) is 0 Å². The maximum absolute atomic E-state index is 13.5. The van der Waals surface area contributed by atoms with Crippen LogP contribution in [0.4, 0.5) is 13.2 Å². The number of aromatic amines is 1. The Morgan fingerprint density at radius 2 is 1.78 bits per heavy atom. The summed E-state index contributed by atoms with van der Waals surface area (Å²) in [6.07, 6.45) is -6.59. The smallest absolute Gasteiger partial charge is 0.369 e. The number of carbonyl (C=O) groups is 1. The van der Waals surface area contributed by atoms with Crippen LogP contribution in [0.2, 0.25) is 0 Å². The molecular formula is C29H48F3N6O7P. The van der Waals surface area contributed by atoms with E-state index in [9.17, 15) is 27.6 Å². The number of hydrogen-bond donors (Lipinski definition) is 1. The van der Waals surface area contributed by atoms with Crippen LogP contribution in [0.5, 0.6) is 0 Å². The second kappa shape index (κ2) is 18.2. The minimum atomic E-state index is -5.06. The molecule has 1 aromatic heterocycles. The second-order valence-electron chi connectivity index (χ2n) is 11.9. The summed E-state index contributed by atoms with van der Waals surface area (Å²) in [5.41, 5.74) is -1.11. The van der Waals surface area contributed by atoms with Crippen molar-refractivity contribution in [1.29, 1.82) is 5.26 Å². The van der Waals surface area contributed by atoms with Gasteiger partial charge in [-0.1, -0.05) is 6.92 Å². The minimum absolute atomic E-state index is 0.0284. The summed E-state index contributed by atoms with van der Waals surface area (Å²) in [5.74, 6) is -1.97. The quantitative estimate of drug-likeness (QED) is 0.181. The highest BCUT2D eigenvalue weighted by Crippen LogP contribution is 2.50. The average molecular weight is 681 g/mol. The summed E-state index contributed by atoms with van der Waals surface area (Å²) in [6.45, 7) is 11.0. The molecule has 13 nitrogen and oxygen atoms in total. The summed E-state index contributed by atoms with van der Waals surface area (Å²) in [5, 5.41) is 9.11. The van der Waals surface area contributed by atoms with Crippen molar-refractivity contribution < 1.29 is 36.5 Å². The van der Waals surface area contributed by atoms with Crippen LogP contribution in [0.15, 0.2) is 15.8 Å². The zero-order valence-electron chi connectivity index (χ0n) is 27.9. The fourth-order valence-electron chi connectivity index (χ4n) is 5.11. The molecule has 1 aliphatic heterocycles. The normalized spacial score (nSPS) is 21.0. The first kappa shape index (κ1) is 39.8. The molecule has 1 amide bonds. The first-order valence-corrected chi connectivity index (χ1v) is 16.5. The lowest BCUT2D eigenvalue weighted by Crippen LogP contribution is -2.45. The number of H-pyrrole nitrogens is 1. The van der Waals surface area contributed by atoms with Gasteiger partial charge in [0, 0.05) is 36.9 Å². The Bertz CT molecular complexity index is 1260. The number of nitriles is 1. The van der Waals surface area contributed by atoms with Gasteiger partial charge < -0.3 is 28.3 Å². The van der Waals surface area contributed by atoms with Crippen LogP contribution in [-0.2, 0) is 23.3 Å². The molecule has 1 N–H and O–H groups in total. The molecule has 5 atom stereocenters. The van der Waals surface area contributed by atoms with Crippen molar-refractivity contribution >= 4 is 14.4 Å². The Morgan fingerprint density at radius 3 is 2.33 bits per heavy atom. The molecule has 2 rings (SSSR count). The van der Waals surface area contributed by atoms with Crippen molar-refractivity contribution in [3.8, 4) is 6.07 Å². The van der Waals surface area contributed by atoms with Crippen LogP contribution in [0, 0.1) is 18.3 Å². The molecule has 0 aliphatic carbocycles. The van der Waals surface area contributed by atoms with Crippen LogP contribution in [0.3, 0.4) is 0 Å². The van der Waals surface area contributed by atoms with Gasteiger partial charge in [0.1, 0.15) is 12.2 Å². The molecule has 0 spiro atoms. The number of rotatable bonds is 18. The Balaban J connectivity index is 2.50. The van der Waals surface area contributed by atoms with Crippen LogP contribution in [0.25, 0.3) is 0 Å². The van der Waals surface area contributed by atoms with Gasteiger partial charge in [0.25, 0.3) is 14.1 Å². The van der Waals surface area contributed by atoms with Gasteiger partial charge in [-0.15, -0.1) is 0 Å². The molecule has 17 heteroatoms. The van der Waals surface area contributed by atoms with E-state index in [-0.39, 0.29) is 50.4 Å². The first-order chi connectivity index (χ1) is 21.5. The zero-order valence-corrected chi connectivity index (χ0v) is 28.8. The number of alkyl halides is 3. The molecule has 0 radical (unpaired) electrons. The number of carbonyl (C=O) groups excluding carboxylic acids is 1. The summed E-state index contributed by atoms with van der Waals surface area (Å²) >= 11 is 0. The van der Waals surface area contributed by atoms with Crippen LogP contribution >= 0.6 is 8.53 Å². The lowest BCUT2D eigenvalue weighted by Gasteiger charge is -2.38. The van der Waals surface area contributed by atoms with Crippen molar-refractivity contribution in [2.45, 2.75) is 104 Å². The minimum Gasteiger partial charge on any atom is -0.369 e. The van der Waals surface area contributed by atoms with Gasteiger partial charge in [-0.2, -0.15) is 18.4 Å². The highest BCUT2D eigenvalue weighted by Gasteiger charge is 2.50. The molecule has 1 saturated heterocycles. The molecule has 0 saturated carbocycles. The molecule has 1 aromatic rings. The Morgan fingerprint density at radius 1 is 1.13 bits per heavy atom. The summed E-state index contributed by atoms with van der Waals surface area (Å²) in [6, 6.07) is 1.99. The van der Waals surface area contributed by atoms with Crippen LogP contribution < -0.4 is 11.2 Å². The topological polar surface area (TPSA) is 142 Å². The molecule has 0 aromatic carbocycles. The number of nitrogens with zero attached hydrogens (tertiary/aromatic N) is 5. The van der Waals surface area contributed by atoms with E-state index in [1.54, 1.807) is 19.0 Å². The van der Waals surface area contributed by atoms with E-state index >= 15 is 0 Å². The Kier molecular flexibility index (Phi) is 15.8. The van der Waals surface area contributed by atoms with Crippen LogP contribution in [0.1, 0.15) is 65.7 Å². The number of aryl methyl sites for hydroxylation is 1. The molecular weight excluding hydrogens is 632 g/mol. The van der Waals surface area contributed by atoms with Gasteiger partial charge in [0.2, 0.25) is 0 Å². The zero-order chi connectivity index (χ0) is 34.8. The summed E-state index contributed by atoms with van der Waals surface area (Å²) in [7, 11) is 1.76. The number of amides is 1. The lowest BCUT2D eigenvalue weighted by atomic mass is 10.1. The van der Waals surface area contributed by atoms with E-state index in [0.29, 0.717) is 24.3 Å². The van der Waals surface area contributed by atoms with Crippen molar-refractivity contribution in [2.75, 3.05) is 46.9 Å². The van der Waals surface area contributed by atoms with E-state index in [0.717, 1.165) is 0 Å². The molecule has 1 unspecified atom stereocenters. The Hall–Kier alpha value is -2.38. The fourth-order valence-corrected chi connectivity index (χ4v) is 6.88. The van der Waals surface area contributed by atoms with Crippen molar-refractivity contribution in [3.63, 3.8) is 0 Å². The van der Waals surface area contributed by atoms with E-state index < -0.39 is 56.4 Å². The van der Waals surface area contributed by atoms with Gasteiger partial charge in [-0.05, 0) is 68.1 Å². The van der Waals surface area contributed by atoms with Gasteiger partial charge in [0.15, 0.2) is 6.23 Å². The lowest BCUT2D eigenvalue weighted by molar-refractivity contribution is -0.186. The highest BCUT2D eigenvalue weighted by molar-refractivity contribution is 7.44. The van der Waals surface area contributed by atoms with E-state index in [4.69, 9.17) is 23.8 Å². The van der Waals surface area contributed by atoms with Crippen LogP contribution in [-0.4, -0.2) is 113 Å². The highest BCUT2D eigenvalue weighted by atomic mass is 31.2. The predicted molar refractivity (Wildman–Crippen MR) is 166 cm³/mol. The largest absolute Gasteiger partial charge is 0.471 e. The molecule has 0 bridgehead atoms. The van der Waals surface area contributed by atoms with Gasteiger partial charge in [0.05, 0.1) is 31.8 Å². The average Bonchev–Trinajstić information content (AvgIpc) is 3.29. The fraction of sp³-hybridized carbons (Fsp3) is 0.793. The number of ether oxygens (including phenoxy) is 2. The first-order valence-electron chi connectivity index (χ1n) is 15.4. The molecule has 1 fully saturated rings. The van der Waals surface area contributed by atoms with Gasteiger partial charge in [-0.3, -0.25) is 19.1 Å².